The number of ether oxygens (including phenoxy) is 1. The zero-order chi connectivity index (χ0) is 23.9. The summed E-state index contributed by atoms with van der Waals surface area (Å²) in [6, 6.07) is 22.3. The SMILES string of the molecule is COc1ccc(-c2nnc(SCC(=O)N/N=C/c3ccc(Cl)cc3Cl)n2-c2ccccc2)cc1. The summed E-state index contributed by atoms with van der Waals surface area (Å²) in [7, 11) is 1.62. The molecule has 0 aliphatic heterocycles. The van der Waals surface area contributed by atoms with Crippen molar-refractivity contribution in [3.63, 3.8) is 0 Å². The summed E-state index contributed by atoms with van der Waals surface area (Å²) >= 11 is 13.3. The fourth-order valence-corrected chi connectivity index (χ4v) is 4.24. The predicted molar refractivity (Wildman–Crippen MR) is 136 cm³/mol. The number of benzene rings is 3. The Morgan fingerprint density at radius 3 is 2.56 bits per heavy atom. The van der Waals surface area contributed by atoms with E-state index in [0.717, 1.165) is 17.0 Å². The van der Waals surface area contributed by atoms with E-state index in [2.05, 4.69) is 20.7 Å². The molecule has 0 aliphatic carbocycles. The number of rotatable bonds is 8. The lowest BCUT2D eigenvalue weighted by atomic mass is 10.2. The standard InChI is InChI=1S/C24H19Cl2N5O2S/c1-33-20-11-8-16(9-12-20)23-29-30-24(31(23)19-5-3-2-4-6-19)34-15-22(32)28-27-14-17-7-10-18(25)13-21(17)26/h2-14H,15H2,1H3,(H,28,32)/b27-14+. The minimum absolute atomic E-state index is 0.0965. The molecule has 4 aromatic rings. The van der Waals surface area contributed by atoms with Gasteiger partial charge in [0.25, 0.3) is 5.91 Å². The van der Waals surface area contributed by atoms with Gasteiger partial charge in [0.05, 0.1) is 24.1 Å². The highest BCUT2D eigenvalue weighted by atomic mass is 35.5. The number of carbonyl (C=O) groups excluding carboxylic acids is 1. The Morgan fingerprint density at radius 1 is 1.09 bits per heavy atom. The molecule has 0 unspecified atom stereocenters. The summed E-state index contributed by atoms with van der Waals surface area (Å²) in [6.45, 7) is 0. The Bertz CT molecular complexity index is 1310. The first-order valence-electron chi connectivity index (χ1n) is 10.1. The highest BCUT2D eigenvalue weighted by Crippen LogP contribution is 2.29. The molecule has 0 atom stereocenters. The second-order valence-corrected chi connectivity index (χ2v) is 8.74. The lowest BCUT2D eigenvalue weighted by Crippen LogP contribution is -2.20. The maximum absolute atomic E-state index is 12.4. The summed E-state index contributed by atoms with van der Waals surface area (Å²) in [4.78, 5) is 12.4. The minimum atomic E-state index is -0.292. The predicted octanol–water partition coefficient (Wildman–Crippen LogP) is 5.49. The molecule has 4 rings (SSSR count). The van der Waals surface area contributed by atoms with Gasteiger partial charge in [-0.1, -0.05) is 59.2 Å². The molecule has 10 heteroatoms. The van der Waals surface area contributed by atoms with Gasteiger partial charge in [-0.2, -0.15) is 5.10 Å². The number of para-hydroxylation sites is 1. The maximum atomic E-state index is 12.4. The number of hydrogen-bond donors (Lipinski definition) is 1. The fraction of sp³-hybridized carbons (Fsp3) is 0.0833. The Labute approximate surface area is 210 Å². The zero-order valence-electron chi connectivity index (χ0n) is 18.0. The van der Waals surface area contributed by atoms with Gasteiger partial charge in [-0.25, -0.2) is 5.43 Å². The molecule has 1 amide bonds. The first-order chi connectivity index (χ1) is 16.5. The normalized spacial score (nSPS) is 11.0. The van der Waals surface area contributed by atoms with Gasteiger partial charge in [0.2, 0.25) is 0 Å². The molecule has 34 heavy (non-hydrogen) atoms. The molecule has 1 heterocycles. The lowest BCUT2D eigenvalue weighted by Gasteiger charge is -2.10. The molecule has 0 saturated carbocycles. The quantitative estimate of drug-likeness (QED) is 0.192. The second-order valence-electron chi connectivity index (χ2n) is 6.95. The molecule has 0 saturated heterocycles. The summed E-state index contributed by atoms with van der Waals surface area (Å²) in [6.07, 6.45) is 1.47. The van der Waals surface area contributed by atoms with Crippen LogP contribution in [-0.4, -0.2) is 39.7 Å². The minimum Gasteiger partial charge on any atom is -0.497 e. The van der Waals surface area contributed by atoms with Crippen LogP contribution in [0, 0.1) is 0 Å². The number of carbonyl (C=O) groups is 1. The van der Waals surface area contributed by atoms with Crippen molar-refractivity contribution in [2.75, 3.05) is 12.9 Å². The maximum Gasteiger partial charge on any atom is 0.250 e. The van der Waals surface area contributed by atoms with E-state index in [4.69, 9.17) is 27.9 Å². The number of hydrazone groups is 1. The smallest absolute Gasteiger partial charge is 0.250 e. The van der Waals surface area contributed by atoms with Gasteiger partial charge in [-0.05, 0) is 48.5 Å². The van der Waals surface area contributed by atoms with Crippen LogP contribution in [0.3, 0.4) is 0 Å². The highest BCUT2D eigenvalue weighted by molar-refractivity contribution is 7.99. The van der Waals surface area contributed by atoms with Crippen LogP contribution in [0.1, 0.15) is 5.56 Å². The number of nitrogens with one attached hydrogen (secondary N) is 1. The second kappa shape index (κ2) is 11.2. The fourth-order valence-electron chi connectivity index (χ4n) is 3.04. The van der Waals surface area contributed by atoms with Crippen LogP contribution >= 0.6 is 35.0 Å². The van der Waals surface area contributed by atoms with E-state index in [9.17, 15) is 4.79 Å². The van der Waals surface area contributed by atoms with Crippen LogP contribution in [0.15, 0.2) is 83.1 Å². The van der Waals surface area contributed by atoms with Gasteiger partial charge in [0.15, 0.2) is 11.0 Å². The van der Waals surface area contributed by atoms with Crippen molar-refractivity contribution in [2.24, 2.45) is 5.10 Å². The molecule has 172 valence electrons. The van der Waals surface area contributed by atoms with Crippen LogP contribution in [0.5, 0.6) is 5.75 Å². The summed E-state index contributed by atoms with van der Waals surface area (Å²) < 4.78 is 7.16. The molecule has 7 nitrogen and oxygen atoms in total. The van der Waals surface area contributed by atoms with Gasteiger partial charge in [-0.3, -0.25) is 9.36 Å². The van der Waals surface area contributed by atoms with E-state index in [-0.39, 0.29) is 11.7 Å². The number of hydrogen-bond acceptors (Lipinski definition) is 6. The van der Waals surface area contributed by atoms with E-state index in [1.165, 1.54) is 18.0 Å². The van der Waals surface area contributed by atoms with Crippen molar-refractivity contribution in [3.05, 3.63) is 88.4 Å². The molecular formula is C24H19Cl2N5O2S. The largest absolute Gasteiger partial charge is 0.497 e. The van der Waals surface area contributed by atoms with E-state index in [1.807, 2.05) is 59.2 Å². The third-order valence-electron chi connectivity index (χ3n) is 4.68. The molecule has 0 aliphatic rings. The zero-order valence-corrected chi connectivity index (χ0v) is 20.3. The van der Waals surface area contributed by atoms with Crippen molar-refractivity contribution >= 4 is 47.1 Å². The van der Waals surface area contributed by atoms with Crippen molar-refractivity contribution < 1.29 is 9.53 Å². The van der Waals surface area contributed by atoms with Gasteiger partial charge < -0.3 is 4.74 Å². The van der Waals surface area contributed by atoms with Crippen LogP contribution in [0.4, 0.5) is 0 Å². The molecule has 0 bridgehead atoms. The van der Waals surface area contributed by atoms with Gasteiger partial charge in [-0.15, -0.1) is 10.2 Å². The molecule has 1 aromatic heterocycles. The van der Waals surface area contributed by atoms with Crippen molar-refractivity contribution in [2.45, 2.75) is 5.16 Å². The number of aromatic nitrogens is 3. The van der Waals surface area contributed by atoms with Gasteiger partial charge >= 0.3 is 0 Å². The molecular weight excluding hydrogens is 493 g/mol. The third-order valence-corrected chi connectivity index (χ3v) is 6.18. The monoisotopic (exact) mass is 511 g/mol. The Balaban J connectivity index is 1.49. The third kappa shape index (κ3) is 5.77. The van der Waals surface area contributed by atoms with E-state index in [1.54, 1.807) is 25.3 Å². The molecule has 0 spiro atoms. The van der Waals surface area contributed by atoms with Crippen LogP contribution < -0.4 is 10.2 Å². The number of amides is 1. The average Bonchev–Trinajstić information content (AvgIpc) is 3.28. The summed E-state index contributed by atoms with van der Waals surface area (Å²) in [5.41, 5.74) is 4.90. The summed E-state index contributed by atoms with van der Waals surface area (Å²) in [5.74, 6) is 1.22. The number of halogens is 2. The highest BCUT2D eigenvalue weighted by Gasteiger charge is 2.17. The Morgan fingerprint density at radius 2 is 1.85 bits per heavy atom. The number of methoxy groups -OCH3 is 1. The van der Waals surface area contributed by atoms with Crippen molar-refractivity contribution in [3.8, 4) is 22.8 Å². The lowest BCUT2D eigenvalue weighted by molar-refractivity contribution is -0.118. The van der Waals surface area contributed by atoms with Crippen LogP contribution in [-0.2, 0) is 4.79 Å². The van der Waals surface area contributed by atoms with E-state index >= 15 is 0 Å². The van der Waals surface area contributed by atoms with E-state index < -0.39 is 0 Å². The summed E-state index contributed by atoms with van der Waals surface area (Å²) in [5, 5.41) is 14.2. The first-order valence-corrected chi connectivity index (χ1v) is 11.8. The van der Waals surface area contributed by atoms with Gasteiger partial charge in [0.1, 0.15) is 5.75 Å². The Hall–Kier alpha value is -3.33. The molecule has 3 aromatic carbocycles. The Kier molecular flexibility index (Phi) is 7.84. The molecule has 1 N–H and O–H groups in total. The molecule has 0 radical (unpaired) electrons. The van der Waals surface area contributed by atoms with Crippen molar-refractivity contribution in [1.82, 2.24) is 20.2 Å². The topological polar surface area (TPSA) is 81.4 Å². The average molecular weight is 512 g/mol. The van der Waals surface area contributed by atoms with E-state index in [0.29, 0.717) is 26.6 Å². The van der Waals surface area contributed by atoms with Crippen molar-refractivity contribution in [1.29, 1.82) is 0 Å². The number of thioether (sulfide) groups is 1. The number of nitrogens with zero attached hydrogens (tertiary/aromatic N) is 4. The van der Waals surface area contributed by atoms with Crippen LogP contribution in [0.2, 0.25) is 10.0 Å². The first kappa shape index (κ1) is 23.8. The molecule has 0 fully saturated rings. The van der Waals surface area contributed by atoms with Gasteiger partial charge in [0, 0.05) is 21.8 Å². The van der Waals surface area contributed by atoms with Crippen LogP contribution in [0.25, 0.3) is 17.1 Å².